The summed E-state index contributed by atoms with van der Waals surface area (Å²) in [5.74, 6) is 0.508. The highest BCUT2D eigenvalue weighted by Crippen LogP contribution is 2.33. The Morgan fingerprint density at radius 3 is 2.62 bits per heavy atom. The van der Waals surface area contributed by atoms with E-state index in [1.807, 2.05) is 0 Å². The van der Waals surface area contributed by atoms with Crippen molar-refractivity contribution in [2.45, 2.75) is 64.7 Å². The average Bonchev–Trinajstić information content (AvgIpc) is 3.15. The molecule has 0 radical (unpaired) electrons. The molecule has 3 rings (SSSR count). The Morgan fingerprint density at radius 1 is 1.27 bits per heavy atom. The molecule has 1 atom stereocenters. The highest BCUT2D eigenvalue weighted by Gasteiger charge is 2.36. The molecule has 1 aliphatic carbocycles. The molecule has 1 aliphatic heterocycles. The zero-order chi connectivity index (χ0) is 18.9. The first kappa shape index (κ1) is 19.2. The zero-order valence-electron chi connectivity index (χ0n) is 15.3. The van der Waals surface area contributed by atoms with E-state index >= 15 is 0 Å². The number of hydrogen-bond acceptors (Lipinski definition) is 3. The van der Waals surface area contributed by atoms with Gasteiger partial charge in [0, 0.05) is 24.2 Å². The van der Waals surface area contributed by atoms with Crippen molar-refractivity contribution >= 4 is 5.91 Å². The predicted molar refractivity (Wildman–Crippen MR) is 89.6 cm³/mol. The predicted octanol–water partition coefficient (Wildman–Crippen LogP) is 3.54. The van der Waals surface area contributed by atoms with Gasteiger partial charge < -0.3 is 9.64 Å². The van der Waals surface area contributed by atoms with E-state index in [1.165, 1.54) is 12.8 Å². The molecule has 2 aliphatic rings. The van der Waals surface area contributed by atoms with E-state index in [9.17, 15) is 18.0 Å². The third kappa shape index (κ3) is 4.22. The SMILES string of the molecule is Cc1nn(CC(F)(F)F)c(C)c1[C@H]1COCCN1C(=O)CC1CCCC1. The first-order valence-corrected chi connectivity index (χ1v) is 9.24. The van der Waals surface area contributed by atoms with Crippen LogP contribution in [-0.4, -0.2) is 46.5 Å². The van der Waals surface area contributed by atoms with Crippen LogP contribution in [-0.2, 0) is 16.1 Å². The van der Waals surface area contributed by atoms with E-state index in [4.69, 9.17) is 4.74 Å². The van der Waals surface area contributed by atoms with Crippen LogP contribution in [0.1, 0.15) is 55.1 Å². The van der Waals surface area contributed by atoms with Gasteiger partial charge in [-0.15, -0.1) is 0 Å². The molecule has 1 aromatic heterocycles. The standard InChI is InChI=1S/C18H26F3N3O2/c1-12-17(13(2)24(22-12)11-18(19,20)21)15-10-26-8-7-23(15)16(25)9-14-5-3-4-6-14/h14-15H,3-11H2,1-2H3/t15-/m1/s1. The molecule has 1 aromatic rings. The van der Waals surface area contributed by atoms with Gasteiger partial charge in [0.25, 0.3) is 0 Å². The summed E-state index contributed by atoms with van der Waals surface area (Å²) in [4.78, 5) is 14.6. The van der Waals surface area contributed by atoms with Gasteiger partial charge in [-0.25, -0.2) is 0 Å². The molecule has 1 saturated heterocycles. The molecule has 0 aromatic carbocycles. The molecular formula is C18H26F3N3O2. The van der Waals surface area contributed by atoms with E-state index in [-0.39, 0.29) is 11.9 Å². The molecule has 0 spiro atoms. The van der Waals surface area contributed by atoms with Crippen molar-refractivity contribution in [3.8, 4) is 0 Å². The summed E-state index contributed by atoms with van der Waals surface area (Å²) in [6.07, 6.45) is 0.706. The third-order valence-electron chi connectivity index (χ3n) is 5.49. The second kappa shape index (κ2) is 7.58. The van der Waals surface area contributed by atoms with Crippen molar-refractivity contribution in [1.29, 1.82) is 0 Å². The van der Waals surface area contributed by atoms with Crippen LogP contribution in [0.3, 0.4) is 0 Å². The number of aromatic nitrogens is 2. The largest absolute Gasteiger partial charge is 0.408 e. The number of halogens is 3. The number of nitrogens with zero attached hydrogens (tertiary/aromatic N) is 3. The fourth-order valence-corrected chi connectivity index (χ4v) is 4.24. The topological polar surface area (TPSA) is 47.4 Å². The third-order valence-corrected chi connectivity index (χ3v) is 5.49. The van der Waals surface area contributed by atoms with Crippen molar-refractivity contribution in [3.05, 3.63) is 17.0 Å². The number of aryl methyl sites for hydroxylation is 1. The lowest BCUT2D eigenvalue weighted by atomic mass is 9.99. The Balaban J connectivity index is 1.82. The molecule has 2 heterocycles. The van der Waals surface area contributed by atoms with Crippen LogP contribution < -0.4 is 0 Å². The first-order chi connectivity index (χ1) is 12.3. The number of rotatable bonds is 4. The number of morpholine rings is 1. The van der Waals surface area contributed by atoms with Crippen LogP contribution in [0.15, 0.2) is 0 Å². The smallest absolute Gasteiger partial charge is 0.377 e. The van der Waals surface area contributed by atoms with Gasteiger partial charge in [0.05, 0.1) is 24.9 Å². The van der Waals surface area contributed by atoms with Crippen LogP contribution in [0.2, 0.25) is 0 Å². The summed E-state index contributed by atoms with van der Waals surface area (Å²) in [7, 11) is 0. The minimum atomic E-state index is -4.33. The Bertz CT molecular complexity index is 651. The van der Waals surface area contributed by atoms with Crippen molar-refractivity contribution in [2.75, 3.05) is 19.8 Å². The quantitative estimate of drug-likeness (QED) is 0.811. The monoisotopic (exact) mass is 373 g/mol. The van der Waals surface area contributed by atoms with E-state index in [1.54, 1.807) is 18.7 Å². The molecule has 8 heteroatoms. The lowest BCUT2D eigenvalue weighted by Gasteiger charge is -2.36. The molecule has 2 fully saturated rings. The molecule has 0 unspecified atom stereocenters. The van der Waals surface area contributed by atoms with Crippen molar-refractivity contribution < 1.29 is 22.7 Å². The van der Waals surface area contributed by atoms with Gasteiger partial charge in [-0.1, -0.05) is 12.8 Å². The zero-order valence-corrected chi connectivity index (χ0v) is 15.3. The maximum Gasteiger partial charge on any atom is 0.408 e. The van der Waals surface area contributed by atoms with Crippen molar-refractivity contribution in [1.82, 2.24) is 14.7 Å². The molecule has 0 N–H and O–H groups in total. The van der Waals surface area contributed by atoms with Gasteiger partial charge in [0.2, 0.25) is 5.91 Å². The summed E-state index contributed by atoms with van der Waals surface area (Å²) >= 11 is 0. The lowest BCUT2D eigenvalue weighted by molar-refractivity contribution is -0.143. The fourth-order valence-electron chi connectivity index (χ4n) is 4.24. The summed E-state index contributed by atoms with van der Waals surface area (Å²) in [5.41, 5.74) is 1.67. The summed E-state index contributed by atoms with van der Waals surface area (Å²) in [5, 5.41) is 4.07. The highest BCUT2D eigenvalue weighted by atomic mass is 19.4. The molecule has 1 saturated carbocycles. The van der Waals surface area contributed by atoms with Gasteiger partial charge in [-0.2, -0.15) is 18.3 Å². The van der Waals surface area contributed by atoms with Crippen LogP contribution in [0.5, 0.6) is 0 Å². The Labute approximate surface area is 151 Å². The lowest BCUT2D eigenvalue weighted by Crippen LogP contribution is -2.44. The van der Waals surface area contributed by atoms with E-state index in [0.29, 0.717) is 49.0 Å². The summed E-state index contributed by atoms with van der Waals surface area (Å²) in [6, 6.07) is -0.361. The first-order valence-electron chi connectivity index (χ1n) is 9.24. The minimum Gasteiger partial charge on any atom is -0.377 e. The fraction of sp³-hybridized carbons (Fsp3) is 0.778. The number of ether oxygens (including phenoxy) is 1. The second-order valence-electron chi connectivity index (χ2n) is 7.39. The van der Waals surface area contributed by atoms with Crippen LogP contribution in [0, 0.1) is 19.8 Å². The maximum atomic E-state index is 12.9. The van der Waals surface area contributed by atoms with Gasteiger partial charge in [-0.05, 0) is 32.6 Å². The van der Waals surface area contributed by atoms with Gasteiger partial charge in [0.1, 0.15) is 6.54 Å². The van der Waals surface area contributed by atoms with Crippen LogP contribution >= 0.6 is 0 Å². The number of carbonyl (C=O) groups excluding carboxylic acids is 1. The molecule has 26 heavy (non-hydrogen) atoms. The highest BCUT2D eigenvalue weighted by molar-refractivity contribution is 5.77. The average molecular weight is 373 g/mol. The molecule has 1 amide bonds. The second-order valence-corrected chi connectivity index (χ2v) is 7.39. The summed E-state index contributed by atoms with van der Waals surface area (Å²) in [6.45, 7) is 3.44. The molecule has 5 nitrogen and oxygen atoms in total. The van der Waals surface area contributed by atoms with Crippen LogP contribution in [0.25, 0.3) is 0 Å². The molecule has 0 bridgehead atoms. The van der Waals surface area contributed by atoms with Gasteiger partial charge in [-0.3, -0.25) is 9.48 Å². The Hall–Kier alpha value is -1.57. The normalized spacial score (nSPS) is 22.2. The number of carbonyl (C=O) groups is 1. The minimum absolute atomic E-state index is 0.0765. The van der Waals surface area contributed by atoms with Gasteiger partial charge in [0.15, 0.2) is 0 Å². The Morgan fingerprint density at radius 2 is 1.96 bits per heavy atom. The molecular weight excluding hydrogens is 347 g/mol. The molecule has 146 valence electrons. The number of alkyl halides is 3. The number of amides is 1. The van der Waals surface area contributed by atoms with E-state index < -0.39 is 12.7 Å². The van der Waals surface area contributed by atoms with Crippen LogP contribution in [0.4, 0.5) is 13.2 Å². The Kier molecular flexibility index (Phi) is 5.60. The maximum absolute atomic E-state index is 12.9. The van der Waals surface area contributed by atoms with Gasteiger partial charge >= 0.3 is 6.18 Å². The van der Waals surface area contributed by atoms with E-state index in [0.717, 1.165) is 17.5 Å². The van der Waals surface area contributed by atoms with Crippen molar-refractivity contribution in [2.24, 2.45) is 5.92 Å². The summed E-state index contributed by atoms with van der Waals surface area (Å²) < 4.78 is 44.9. The number of hydrogen-bond donors (Lipinski definition) is 0. The van der Waals surface area contributed by atoms with Crippen molar-refractivity contribution in [3.63, 3.8) is 0 Å². The van der Waals surface area contributed by atoms with E-state index in [2.05, 4.69) is 5.10 Å².